The van der Waals surface area contributed by atoms with Gasteiger partial charge in [-0.25, -0.2) is 4.98 Å². The lowest BCUT2D eigenvalue weighted by molar-refractivity contribution is 0.0712. The molecule has 0 aliphatic carbocycles. The number of hydrogen-bond acceptors (Lipinski definition) is 5. The third-order valence-corrected chi connectivity index (χ3v) is 6.97. The zero-order valence-electron chi connectivity index (χ0n) is 18.7. The van der Waals surface area contributed by atoms with Crippen LogP contribution in [0.25, 0.3) is 11.4 Å². The summed E-state index contributed by atoms with van der Waals surface area (Å²) in [6, 6.07) is 14.1. The van der Waals surface area contributed by atoms with Crippen LogP contribution in [0.5, 0.6) is 0 Å². The number of H-pyrrole nitrogens is 1. The van der Waals surface area contributed by atoms with Crippen molar-refractivity contribution in [2.75, 3.05) is 19.3 Å². The van der Waals surface area contributed by atoms with E-state index in [1.54, 1.807) is 11.8 Å². The summed E-state index contributed by atoms with van der Waals surface area (Å²) in [4.78, 5) is 21.0. The number of nitriles is 1. The first-order valence-electron chi connectivity index (χ1n) is 10.9. The van der Waals surface area contributed by atoms with Crippen molar-refractivity contribution in [3.05, 3.63) is 64.5 Å². The van der Waals surface area contributed by atoms with Gasteiger partial charge in [-0.1, -0.05) is 25.1 Å². The van der Waals surface area contributed by atoms with Crippen LogP contribution in [0, 0.1) is 18.3 Å². The molecular formula is C25H27N5OS. The largest absolute Gasteiger partial charge is 0.339 e. The Morgan fingerprint density at radius 2 is 2.03 bits per heavy atom. The van der Waals surface area contributed by atoms with E-state index < -0.39 is 0 Å². The molecule has 1 aromatic heterocycles. The Morgan fingerprint density at radius 1 is 1.28 bits per heavy atom. The summed E-state index contributed by atoms with van der Waals surface area (Å²) in [6.07, 6.45) is 4.53. The minimum Gasteiger partial charge on any atom is -0.339 e. The van der Waals surface area contributed by atoms with Crippen molar-refractivity contribution in [1.29, 1.82) is 5.26 Å². The van der Waals surface area contributed by atoms with Crippen LogP contribution in [0.3, 0.4) is 0 Å². The van der Waals surface area contributed by atoms with E-state index in [0.29, 0.717) is 30.4 Å². The van der Waals surface area contributed by atoms with E-state index in [1.807, 2.05) is 55.3 Å². The highest BCUT2D eigenvalue weighted by Crippen LogP contribution is 2.34. The van der Waals surface area contributed by atoms with Gasteiger partial charge < -0.3 is 4.90 Å². The molecule has 6 nitrogen and oxygen atoms in total. The predicted molar refractivity (Wildman–Crippen MR) is 127 cm³/mol. The summed E-state index contributed by atoms with van der Waals surface area (Å²) in [7, 11) is 0. The van der Waals surface area contributed by atoms with Crippen LogP contribution < -0.4 is 0 Å². The van der Waals surface area contributed by atoms with Gasteiger partial charge in [-0.3, -0.25) is 9.89 Å². The molecule has 0 spiro atoms. The summed E-state index contributed by atoms with van der Waals surface area (Å²) in [5.74, 6) is 1.83. The first kappa shape index (κ1) is 22.1. The number of aryl methyl sites for hydroxylation is 2. The van der Waals surface area contributed by atoms with Crippen LogP contribution in [-0.2, 0) is 6.42 Å². The van der Waals surface area contributed by atoms with Crippen molar-refractivity contribution in [3.8, 4) is 17.5 Å². The number of benzene rings is 2. The van der Waals surface area contributed by atoms with Crippen LogP contribution in [0.15, 0.2) is 41.3 Å². The number of amides is 1. The molecule has 0 bridgehead atoms. The average molecular weight is 446 g/mol. The Kier molecular flexibility index (Phi) is 6.61. The zero-order valence-corrected chi connectivity index (χ0v) is 19.5. The Balaban J connectivity index is 1.56. The SMILES string of the molecule is CCc1nc(-c2cc(C(=O)N3CCC(c4ccccc4C#N)CC3)c(C)cc2SC)n[nH]1. The highest BCUT2D eigenvalue weighted by molar-refractivity contribution is 7.98. The molecule has 1 fully saturated rings. The van der Waals surface area contributed by atoms with E-state index in [2.05, 4.69) is 27.3 Å². The predicted octanol–water partition coefficient (Wildman–Crippen LogP) is 4.96. The zero-order chi connectivity index (χ0) is 22.7. The fraction of sp³-hybridized carbons (Fsp3) is 0.360. The summed E-state index contributed by atoms with van der Waals surface area (Å²) in [6.45, 7) is 5.39. The maximum Gasteiger partial charge on any atom is 0.254 e. The molecule has 0 unspecified atom stereocenters. The third-order valence-electron chi connectivity index (χ3n) is 6.19. The molecule has 1 saturated heterocycles. The van der Waals surface area contributed by atoms with Crippen molar-refractivity contribution in [3.63, 3.8) is 0 Å². The number of aromatic amines is 1. The molecule has 2 heterocycles. The molecule has 4 rings (SSSR count). The molecule has 0 saturated carbocycles. The number of aromatic nitrogens is 3. The highest BCUT2D eigenvalue weighted by Gasteiger charge is 2.27. The molecule has 1 aliphatic heterocycles. The van der Waals surface area contributed by atoms with E-state index in [-0.39, 0.29) is 5.91 Å². The Labute approximate surface area is 193 Å². The minimum absolute atomic E-state index is 0.0506. The fourth-order valence-corrected chi connectivity index (χ4v) is 5.01. The first-order valence-corrected chi connectivity index (χ1v) is 12.2. The van der Waals surface area contributed by atoms with Crippen molar-refractivity contribution in [2.24, 2.45) is 0 Å². The average Bonchev–Trinajstić information content (AvgIpc) is 3.32. The van der Waals surface area contributed by atoms with Crippen molar-refractivity contribution in [2.45, 2.75) is 43.9 Å². The molecule has 1 amide bonds. The van der Waals surface area contributed by atoms with Gasteiger partial charge in [0.05, 0.1) is 11.6 Å². The van der Waals surface area contributed by atoms with Crippen molar-refractivity contribution < 1.29 is 4.79 Å². The summed E-state index contributed by atoms with van der Waals surface area (Å²) >= 11 is 1.63. The van der Waals surface area contributed by atoms with E-state index in [1.165, 1.54) is 0 Å². The molecule has 1 aliphatic rings. The van der Waals surface area contributed by atoms with Gasteiger partial charge in [0.2, 0.25) is 0 Å². The Hall–Kier alpha value is -3.11. The lowest BCUT2D eigenvalue weighted by Gasteiger charge is -2.33. The smallest absolute Gasteiger partial charge is 0.254 e. The number of nitrogens with one attached hydrogen (secondary N) is 1. The number of likely N-dealkylation sites (tertiary alicyclic amines) is 1. The number of piperidine rings is 1. The quantitative estimate of drug-likeness (QED) is 0.561. The van der Waals surface area contributed by atoms with E-state index in [4.69, 9.17) is 0 Å². The molecule has 32 heavy (non-hydrogen) atoms. The fourth-order valence-electron chi connectivity index (χ4n) is 4.35. The highest BCUT2D eigenvalue weighted by atomic mass is 32.2. The number of hydrogen-bond donors (Lipinski definition) is 1. The van der Waals surface area contributed by atoms with Gasteiger partial charge in [-0.05, 0) is 61.3 Å². The summed E-state index contributed by atoms with van der Waals surface area (Å²) < 4.78 is 0. The Morgan fingerprint density at radius 3 is 2.69 bits per heavy atom. The molecule has 2 aromatic carbocycles. The van der Waals surface area contributed by atoms with Gasteiger partial charge in [-0.15, -0.1) is 11.8 Å². The number of carbonyl (C=O) groups excluding carboxylic acids is 1. The number of carbonyl (C=O) groups is 1. The van der Waals surface area contributed by atoms with Crippen LogP contribution in [0.2, 0.25) is 0 Å². The first-order chi connectivity index (χ1) is 15.5. The minimum atomic E-state index is 0.0506. The molecule has 1 N–H and O–H groups in total. The van der Waals surface area contributed by atoms with Crippen LogP contribution in [0.4, 0.5) is 0 Å². The van der Waals surface area contributed by atoms with E-state index in [9.17, 15) is 10.1 Å². The molecule has 3 aromatic rings. The molecular weight excluding hydrogens is 418 g/mol. The Bertz CT molecular complexity index is 1170. The standard InChI is InChI=1S/C25H27N5OS/c1-4-23-27-24(29-28-23)21-14-20(16(2)13-22(21)32-3)25(31)30-11-9-17(10-12-30)19-8-6-5-7-18(19)15-26/h5-8,13-14,17H,4,9-12H2,1-3H3,(H,27,28,29). The van der Waals surface area contributed by atoms with Crippen molar-refractivity contribution >= 4 is 17.7 Å². The second-order valence-corrected chi connectivity index (χ2v) is 8.94. The van der Waals surface area contributed by atoms with Gasteiger partial charge in [0.1, 0.15) is 5.82 Å². The van der Waals surface area contributed by atoms with Gasteiger partial charge in [0, 0.05) is 35.5 Å². The molecule has 0 radical (unpaired) electrons. The van der Waals surface area contributed by atoms with Crippen LogP contribution in [-0.4, -0.2) is 45.3 Å². The van der Waals surface area contributed by atoms with E-state index in [0.717, 1.165) is 52.2 Å². The topological polar surface area (TPSA) is 85.7 Å². The van der Waals surface area contributed by atoms with Gasteiger partial charge >= 0.3 is 0 Å². The monoisotopic (exact) mass is 445 g/mol. The van der Waals surface area contributed by atoms with Crippen LogP contribution >= 0.6 is 11.8 Å². The number of nitrogens with zero attached hydrogens (tertiary/aromatic N) is 4. The van der Waals surface area contributed by atoms with Gasteiger partial charge in [-0.2, -0.15) is 10.4 Å². The lowest BCUT2D eigenvalue weighted by atomic mass is 9.86. The van der Waals surface area contributed by atoms with Crippen LogP contribution in [0.1, 0.15) is 58.6 Å². The molecule has 0 atom stereocenters. The van der Waals surface area contributed by atoms with E-state index >= 15 is 0 Å². The second kappa shape index (κ2) is 9.58. The summed E-state index contributed by atoms with van der Waals surface area (Å²) in [5, 5.41) is 16.8. The van der Waals surface area contributed by atoms with Gasteiger partial charge in [0.25, 0.3) is 5.91 Å². The molecule has 7 heteroatoms. The molecule has 164 valence electrons. The number of rotatable bonds is 5. The maximum absolute atomic E-state index is 13.4. The summed E-state index contributed by atoms with van der Waals surface area (Å²) in [5.41, 5.74) is 4.40. The lowest BCUT2D eigenvalue weighted by Crippen LogP contribution is -2.38. The van der Waals surface area contributed by atoms with Gasteiger partial charge in [0.15, 0.2) is 5.82 Å². The van der Waals surface area contributed by atoms with Crippen molar-refractivity contribution in [1.82, 2.24) is 20.1 Å². The number of thioether (sulfide) groups is 1. The third kappa shape index (κ3) is 4.28. The normalized spacial score (nSPS) is 14.4. The maximum atomic E-state index is 13.4. The second-order valence-electron chi connectivity index (χ2n) is 8.09.